The summed E-state index contributed by atoms with van der Waals surface area (Å²) in [5.74, 6) is 0.610. The second kappa shape index (κ2) is 6.53. The zero-order chi connectivity index (χ0) is 12.0. The van der Waals surface area contributed by atoms with Crippen molar-refractivity contribution in [3.05, 3.63) is 28.2 Å². The van der Waals surface area contributed by atoms with E-state index in [0.717, 1.165) is 15.8 Å². The molecule has 0 spiro atoms. The third-order valence-corrected chi connectivity index (χ3v) is 3.07. The smallest absolute Gasteiger partial charge is 0.306 e. The van der Waals surface area contributed by atoms with E-state index in [1.165, 1.54) is 0 Å². The Hall–Kier alpha value is -1.03. The van der Waals surface area contributed by atoms with E-state index in [-0.39, 0.29) is 5.97 Å². The van der Waals surface area contributed by atoms with Gasteiger partial charge in [0, 0.05) is 6.42 Å². The number of benzene rings is 1. The van der Waals surface area contributed by atoms with E-state index < -0.39 is 0 Å². The molecule has 0 radical (unpaired) electrons. The molecule has 88 valence electrons. The van der Waals surface area contributed by atoms with Crippen LogP contribution >= 0.6 is 15.9 Å². The lowest BCUT2D eigenvalue weighted by atomic mass is 10.1. The summed E-state index contributed by atoms with van der Waals surface area (Å²) in [7, 11) is 1.62. The first-order valence-electron chi connectivity index (χ1n) is 5.16. The molecule has 1 rings (SSSR count). The van der Waals surface area contributed by atoms with Gasteiger partial charge in [-0.05, 0) is 40.9 Å². The number of carbonyl (C=O) groups is 1. The number of methoxy groups -OCH3 is 1. The largest absolute Gasteiger partial charge is 0.496 e. The lowest BCUT2D eigenvalue weighted by Gasteiger charge is -2.08. The van der Waals surface area contributed by atoms with Crippen LogP contribution in [-0.2, 0) is 16.0 Å². The number of halogens is 1. The van der Waals surface area contributed by atoms with Crippen molar-refractivity contribution in [2.75, 3.05) is 13.7 Å². The summed E-state index contributed by atoms with van der Waals surface area (Å²) in [4.78, 5) is 11.2. The van der Waals surface area contributed by atoms with E-state index in [4.69, 9.17) is 9.47 Å². The van der Waals surface area contributed by atoms with E-state index in [1.54, 1.807) is 14.0 Å². The maximum Gasteiger partial charge on any atom is 0.306 e. The fourth-order valence-corrected chi connectivity index (χ4v) is 2.00. The number of esters is 1. The summed E-state index contributed by atoms with van der Waals surface area (Å²) >= 11 is 3.45. The predicted octanol–water partition coefficient (Wildman–Crippen LogP) is 2.95. The second-order valence-electron chi connectivity index (χ2n) is 3.24. The van der Waals surface area contributed by atoms with E-state index in [0.29, 0.717) is 19.4 Å². The predicted molar refractivity (Wildman–Crippen MR) is 65.6 cm³/mol. The van der Waals surface area contributed by atoms with Crippen LogP contribution in [0, 0.1) is 0 Å². The van der Waals surface area contributed by atoms with E-state index in [2.05, 4.69) is 15.9 Å². The van der Waals surface area contributed by atoms with Gasteiger partial charge in [-0.15, -0.1) is 0 Å². The second-order valence-corrected chi connectivity index (χ2v) is 4.03. The summed E-state index contributed by atoms with van der Waals surface area (Å²) in [6, 6.07) is 5.74. The van der Waals surface area contributed by atoms with Gasteiger partial charge in [-0.2, -0.15) is 0 Å². The van der Waals surface area contributed by atoms with Gasteiger partial charge in [-0.25, -0.2) is 0 Å². The Kier molecular flexibility index (Phi) is 5.32. The summed E-state index contributed by atoms with van der Waals surface area (Å²) in [6.45, 7) is 2.23. The normalized spacial score (nSPS) is 9.94. The Bertz CT molecular complexity index is 363. The minimum Gasteiger partial charge on any atom is -0.496 e. The molecule has 0 aliphatic heterocycles. The van der Waals surface area contributed by atoms with Crippen molar-refractivity contribution in [3.63, 3.8) is 0 Å². The number of hydrogen-bond donors (Lipinski definition) is 0. The summed E-state index contributed by atoms with van der Waals surface area (Å²) < 4.78 is 11.0. The minimum atomic E-state index is -0.169. The van der Waals surface area contributed by atoms with Crippen LogP contribution in [0.15, 0.2) is 22.7 Å². The third-order valence-electron chi connectivity index (χ3n) is 2.17. The van der Waals surface area contributed by atoms with Crippen LogP contribution in [0.1, 0.15) is 18.9 Å². The standard InChI is InChI=1S/C12H15BrO3/c1-3-16-11(14)8-7-9-5-4-6-10(15-2)12(9)13/h4-6H,3,7-8H2,1-2H3. The molecule has 0 aliphatic carbocycles. The molecule has 0 unspecified atom stereocenters. The van der Waals surface area contributed by atoms with Crippen molar-refractivity contribution in [2.45, 2.75) is 19.8 Å². The molecule has 0 fully saturated rings. The highest BCUT2D eigenvalue weighted by molar-refractivity contribution is 9.10. The summed E-state index contributed by atoms with van der Waals surface area (Å²) in [5, 5.41) is 0. The van der Waals surface area contributed by atoms with E-state index in [1.807, 2.05) is 18.2 Å². The molecule has 0 bridgehead atoms. The van der Waals surface area contributed by atoms with Gasteiger partial charge >= 0.3 is 5.97 Å². The molecule has 4 heteroatoms. The molecule has 16 heavy (non-hydrogen) atoms. The van der Waals surface area contributed by atoms with Crippen LogP contribution in [0.25, 0.3) is 0 Å². The molecule has 3 nitrogen and oxygen atoms in total. The van der Waals surface area contributed by atoms with Crippen LogP contribution in [0.3, 0.4) is 0 Å². The molecular weight excluding hydrogens is 272 g/mol. The molecule has 1 aromatic rings. The molecule has 0 atom stereocenters. The Morgan fingerprint density at radius 1 is 1.44 bits per heavy atom. The molecule has 0 saturated heterocycles. The first kappa shape index (κ1) is 13.0. The highest BCUT2D eigenvalue weighted by atomic mass is 79.9. The monoisotopic (exact) mass is 286 g/mol. The SMILES string of the molecule is CCOC(=O)CCc1cccc(OC)c1Br. The Labute approximate surface area is 104 Å². The van der Waals surface area contributed by atoms with Crippen molar-refractivity contribution < 1.29 is 14.3 Å². The van der Waals surface area contributed by atoms with Crippen molar-refractivity contribution in [1.29, 1.82) is 0 Å². The summed E-state index contributed by atoms with van der Waals surface area (Å²) in [6.07, 6.45) is 1.04. The Balaban J connectivity index is 2.63. The van der Waals surface area contributed by atoms with Crippen LogP contribution in [-0.4, -0.2) is 19.7 Å². The number of ether oxygens (including phenoxy) is 2. The van der Waals surface area contributed by atoms with Crippen LogP contribution in [0.2, 0.25) is 0 Å². The average molecular weight is 287 g/mol. The average Bonchev–Trinajstić information content (AvgIpc) is 2.28. The maximum atomic E-state index is 11.2. The van der Waals surface area contributed by atoms with Crippen molar-refractivity contribution in [3.8, 4) is 5.75 Å². The van der Waals surface area contributed by atoms with Gasteiger partial charge in [0.15, 0.2) is 0 Å². The fourth-order valence-electron chi connectivity index (χ4n) is 1.38. The Morgan fingerprint density at radius 3 is 2.81 bits per heavy atom. The minimum absolute atomic E-state index is 0.169. The topological polar surface area (TPSA) is 35.5 Å². The Morgan fingerprint density at radius 2 is 2.19 bits per heavy atom. The lowest BCUT2D eigenvalue weighted by Crippen LogP contribution is -2.05. The lowest BCUT2D eigenvalue weighted by molar-refractivity contribution is -0.143. The van der Waals surface area contributed by atoms with Gasteiger partial charge in [0.05, 0.1) is 18.2 Å². The first-order valence-corrected chi connectivity index (χ1v) is 5.95. The first-order chi connectivity index (χ1) is 7.69. The maximum absolute atomic E-state index is 11.2. The molecule has 0 amide bonds. The van der Waals surface area contributed by atoms with Crippen LogP contribution in [0.5, 0.6) is 5.75 Å². The third kappa shape index (κ3) is 3.52. The zero-order valence-electron chi connectivity index (χ0n) is 9.46. The van der Waals surface area contributed by atoms with Gasteiger partial charge in [0.1, 0.15) is 5.75 Å². The fraction of sp³-hybridized carbons (Fsp3) is 0.417. The quantitative estimate of drug-likeness (QED) is 0.781. The molecule has 0 saturated carbocycles. The van der Waals surface area contributed by atoms with Gasteiger partial charge in [-0.3, -0.25) is 4.79 Å². The number of hydrogen-bond acceptors (Lipinski definition) is 3. The van der Waals surface area contributed by atoms with Crippen molar-refractivity contribution in [1.82, 2.24) is 0 Å². The highest BCUT2D eigenvalue weighted by Crippen LogP contribution is 2.29. The molecule has 1 aromatic carbocycles. The number of rotatable bonds is 5. The summed E-state index contributed by atoms with van der Waals surface area (Å²) in [5.41, 5.74) is 1.05. The van der Waals surface area contributed by atoms with Gasteiger partial charge < -0.3 is 9.47 Å². The van der Waals surface area contributed by atoms with E-state index in [9.17, 15) is 4.79 Å². The number of aryl methyl sites for hydroxylation is 1. The van der Waals surface area contributed by atoms with Crippen molar-refractivity contribution in [2.24, 2.45) is 0 Å². The van der Waals surface area contributed by atoms with Crippen molar-refractivity contribution >= 4 is 21.9 Å². The molecular formula is C12H15BrO3. The van der Waals surface area contributed by atoms with Gasteiger partial charge in [0.25, 0.3) is 0 Å². The van der Waals surface area contributed by atoms with Gasteiger partial charge in [-0.1, -0.05) is 12.1 Å². The van der Waals surface area contributed by atoms with Crippen LogP contribution in [0.4, 0.5) is 0 Å². The van der Waals surface area contributed by atoms with Crippen LogP contribution < -0.4 is 4.74 Å². The van der Waals surface area contributed by atoms with Gasteiger partial charge in [0.2, 0.25) is 0 Å². The van der Waals surface area contributed by atoms with E-state index >= 15 is 0 Å². The zero-order valence-corrected chi connectivity index (χ0v) is 11.0. The molecule has 0 aromatic heterocycles. The highest BCUT2D eigenvalue weighted by Gasteiger charge is 2.08. The molecule has 0 N–H and O–H groups in total. The molecule has 0 heterocycles. The molecule has 0 aliphatic rings. The number of carbonyl (C=O) groups excluding carboxylic acids is 1.